The first-order chi connectivity index (χ1) is 14.6. The van der Waals surface area contributed by atoms with Gasteiger partial charge in [0.1, 0.15) is 5.69 Å². The number of benzene rings is 2. The molecule has 0 aromatic heterocycles. The number of carbonyl (C=O) groups is 2. The van der Waals surface area contributed by atoms with Crippen molar-refractivity contribution in [1.82, 2.24) is 0 Å². The number of hydrogen-bond acceptors (Lipinski definition) is 4. The number of amides is 1. The third-order valence-electron chi connectivity index (χ3n) is 5.96. The van der Waals surface area contributed by atoms with Crippen molar-refractivity contribution in [3.05, 3.63) is 80.0 Å². The Kier molecular flexibility index (Phi) is 5.21. The average Bonchev–Trinajstić information content (AvgIpc) is 2.66. The number of anilines is 1. The fourth-order valence-electron chi connectivity index (χ4n) is 4.67. The number of nitro groups is 1. The zero-order valence-electron chi connectivity index (χ0n) is 17.6. The highest BCUT2D eigenvalue weighted by atomic mass is 35.5. The number of nitro benzene ring substituents is 1. The van der Waals surface area contributed by atoms with E-state index in [4.69, 9.17) is 11.6 Å². The fourth-order valence-corrected chi connectivity index (χ4v) is 4.87. The van der Waals surface area contributed by atoms with E-state index in [1.54, 1.807) is 37.3 Å². The van der Waals surface area contributed by atoms with Crippen LogP contribution in [0.4, 0.5) is 11.4 Å². The van der Waals surface area contributed by atoms with Gasteiger partial charge in [0.05, 0.1) is 4.92 Å². The van der Waals surface area contributed by atoms with Gasteiger partial charge in [0.25, 0.3) is 5.69 Å². The molecular formula is C24H23ClN2O4. The van der Waals surface area contributed by atoms with Gasteiger partial charge in [-0.25, -0.2) is 0 Å². The molecule has 0 N–H and O–H groups in total. The Balaban J connectivity index is 1.95. The van der Waals surface area contributed by atoms with Crippen LogP contribution in [0.5, 0.6) is 0 Å². The summed E-state index contributed by atoms with van der Waals surface area (Å²) >= 11 is 6.18. The maximum Gasteiger partial charge on any atom is 0.293 e. The Hall–Kier alpha value is -2.99. The number of aryl methyl sites for hydroxylation is 1. The first-order valence-corrected chi connectivity index (χ1v) is 10.5. The van der Waals surface area contributed by atoms with Gasteiger partial charge in [-0.15, -0.1) is 0 Å². The van der Waals surface area contributed by atoms with E-state index in [2.05, 4.69) is 0 Å². The molecule has 1 amide bonds. The van der Waals surface area contributed by atoms with Crippen LogP contribution < -0.4 is 4.90 Å². The van der Waals surface area contributed by atoms with Crippen LogP contribution in [0.15, 0.2) is 53.7 Å². The molecule has 0 bridgehead atoms. The minimum absolute atomic E-state index is 0.0245. The zero-order valence-corrected chi connectivity index (χ0v) is 18.4. The number of ketones is 1. The van der Waals surface area contributed by atoms with E-state index in [1.165, 1.54) is 11.0 Å². The molecule has 2 aromatic carbocycles. The third-order valence-corrected chi connectivity index (χ3v) is 6.20. The minimum Gasteiger partial charge on any atom is -0.294 e. The number of allylic oxidation sites excluding steroid dienone is 2. The molecule has 0 radical (unpaired) electrons. The second-order valence-electron chi connectivity index (χ2n) is 9.09. The van der Waals surface area contributed by atoms with Crippen molar-refractivity contribution in [2.24, 2.45) is 5.41 Å². The first kappa shape index (κ1) is 21.2. The topological polar surface area (TPSA) is 80.5 Å². The first-order valence-electron chi connectivity index (χ1n) is 10.2. The van der Waals surface area contributed by atoms with E-state index >= 15 is 0 Å². The lowest BCUT2D eigenvalue weighted by Crippen LogP contribution is -2.44. The van der Waals surface area contributed by atoms with Crippen LogP contribution in [-0.2, 0) is 9.59 Å². The number of halogens is 1. The van der Waals surface area contributed by atoms with E-state index in [-0.39, 0.29) is 34.9 Å². The van der Waals surface area contributed by atoms with Gasteiger partial charge in [0, 0.05) is 41.1 Å². The summed E-state index contributed by atoms with van der Waals surface area (Å²) in [5, 5.41) is 12.3. The van der Waals surface area contributed by atoms with Crippen molar-refractivity contribution in [2.45, 2.75) is 46.0 Å². The van der Waals surface area contributed by atoms with Crippen molar-refractivity contribution < 1.29 is 14.5 Å². The second-order valence-corrected chi connectivity index (χ2v) is 9.53. The number of carbonyl (C=O) groups excluding carboxylic acids is 2. The van der Waals surface area contributed by atoms with Crippen LogP contribution in [0.1, 0.15) is 50.2 Å². The Labute approximate surface area is 185 Å². The molecule has 0 saturated heterocycles. The van der Waals surface area contributed by atoms with E-state index in [0.717, 1.165) is 11.1 Å². The average molecular weight is 439 g/mol. The summed E-state index contributed by atoms with van der Waals surface area (Å²) in [6.45, 7) is 5.72. The lowest BCUT2D eigenvalue weighted by atomic mass is 9.69. The van der Waals surface area contributed by atoms with Gasteiger partial charge in [-0.2, -0.15) is 0 Å². The molecule has 0 fully saturated rings. The van der Waals surface area contributed by atoms with Crippen molar-refractivity contribution >= 4 is 34.7 Å². The van der Waals surface area contributed by atoms with Gasteiger partial charge < -0.3 is 0 Å². The van der Waals surface area contributed by atoms with Gasteiger partial charge in [0.2, 0.25) is 5.91 Å². The SMILES string of the molecule is Cc1ccc(N2C(=O)CC(c3cccc(Cl)c3)C3=C2CC(C)(C)CC3=O)c([N+](=O)[O-])c1. The molecule has 1 aliphatic heterocycles. The van der Waals surface area contributed by atoms with Crippen LogP contribution in [0, 0.1) is 22.5 Å². The Morgan fingerprint density at radius 2 is 1.87 bits per heavy atom. The van der Waals surface area contributed by atoms with Crippen LogP contribution in [0.2, 0.25) is 5.02 Å². The largest absolute Gasteiger partial charge is 0.294 e. The van der Waals surface area contributed by atoms with Gasteiger partial charge in [0.15, 0.2) is 5.78 Å². The van der Waals surface area contributed by atoms with Crippen molar-refractivity contribution in [2.75, 3.05) is 4.90 Å². The van der Waals surface area contributed by atoms with Crippen molar-refractivity contribution in [3.8, 4) is 0 Å². The molecule has 31 heavy (non-hydrogen) atoms. The molecule has 1 heterocycles. The van der Waals surface area contributed by atoms with Crippen LogP contribution in [-0.4, -0.2) is 16.6 Å². The molecule has 7 heteroatoms. The Morgan fingerprint density at radius 1 is 1.13 bits per heavy atom. The number of Topliss-reactive ketones (excluding diaryl/α,β-unsaturated/α-hetero) is 1. The summed E-state index contributed by atoms with van der Waals surface area (Å²) < 4.78 is 0. The highest BCUT2D eigenvalue weighted by molar-refractivity contribution is 6.30. The highest BCUT2D eigenvalue weighted by Crippen LogP contribution is 2.49. The molecule has 6 nitrogen and oxygen atoms in total. The van der Waals surface area contributed by atoms with E-state index in [9.17, 15) is 19.7 Å². The molecule has 2 aromatic rings. The fraction of sp³-hybridized carbons (Fsp3) is 0.333. The van der Waals surface area contributed by atoms with Gasteiger partial charge in [-0.1, -0.05) is 43.6 Å². The summed E-state index contributed by atoms with van der Waals surface area (Å²) in [4.78, 5) is 39.4. The smallest absolute Gasteiger partial charge is 0.293 e. The quantitative estimate of drug-likeness (QED) is 0.453. The predicted molar refractivity (Wildman–Crippen MR) is 119 cm³/mol. The molecule has 0 saturated carbocycles. The summed E-state index contributed by atoms with van der Waals surface area (Å²) in [7, 11) is 0. The maximum absolute atomic E-state index is 13.4. The molecule has 1 unspecified atom stereocenters. The Morgan fingerprint density at radius 3 is 2.55 bits per heavy atom. The van der Waals surface area contributed by atoms with Gasteiger partial charge in [-0.3, -0.25) is 24.6 Å². The molecule has 1 atom stereocenters. The summed E-state index contributed by atoms with van der Waals surface area (Å²) in [5.41, 5.74) is 2.38. The monoisotopic (exact) mass is 438 g/mol. The maximum atomic E-state index is 13.4. The molecule has 160 valence electrons. The zero-order chi connectivity index (χ0) is 22.5. The lowest BCUT2D eigenvalue weighted by Gasteiger charge is -2.42. The minimum atomic E-state index is -0.477. The van der Waals surface area contributed by atoms with E-state index < -0.39 is 10.8 Å². The van der Waals surface area contributed by atoms with Crippen LogP contribution in [0.3, 0.4) is 0 Å². The van der Waals surface area contributed by atoms with Crippen molar-refractivity contribution in [3.63, 3.8) is 0 Å². The Bertz CT molecular complexity index is 1150. The van der Waals surface area contributed by atoms with Gasteiger partial charge in [-0.05, 0) is 48.1 Å². The van der Waals surface area contributed by atoms with E-state index in [1.807, 2.05) is 19.9 Å². The molecule has 0 spiro atoms. The van der Waals surface area contributed by atoms with Crippen molar-refractivity contribution in [1.29, 1.82) is 0 Å². The third kappa shape index (κ3) is 3.88. The highest BCUT2D eigenvalue weighted by Gasteiger charge is 2.45. The second kappa shape index (κ2) is 7.61. The standard InChI is InChI=1S/C24H23ClN2O4/c1-14-7-8-18(19(9-14)27(30)31)26-20-12-24(2,3)13-21(28)23(20)17(11-22(26)29)15-5-4-6-16(25)10-15/h4-10,17H,11-13H2,1-3H3. The van der Waals surface area contributed by atoms with Crippen LogP contribution >= 0.6 is 11.6 Å². The molecule has 2 aliphatic rings. The van der Waals surface area contributed by atoms with Gasteiger partial charge >= 0.3 is 0 Å². The number of nitrogens with zero attached hydrogens (tertiary/aromatic N) is 2. The molecule has 1 aliphatic carbocycles. The normalized spacial score (nSPS) is 20.6. The summed E-state index contributed by atoms with van der Waals surface area (Å²) in [6, 6.07) is 12.0. The predicted octanol–water partition coefficient (Wildman–Crippen LogP) is 5.72. The molecule has 4 rings (SSSR count). The van der Waals surface area contributed by atoms with Crippen LogP contribution in [0.25, 0.3) is 0 Å². The summed E-state index contributed by atoms with van der Waals surface area (Å²) in [6.07, 6.45) is 0.888. The molecular weight excluding hydrogens is 416 g/mol. The lowest BCUT2D eigenvalue weighted by molar-refractivity contribution is -0.384. The number of hydrogen-bond donors (Lipinski definition) is 0. The summed E-state index contributed by atoms with van der Waals surface area (Å²) in [5.74, 6) is -0.699. The number of rotatable bonds is 3. The van der Waals surface area contributed by atoms with E-state index in [0.29, 0.717) is 29.1 Å².